The summed E-state index contributed by atoms with van der Waals surface area (Å²) in [6.07, 6.45) is 1.00. The van der Waals surface area contributed by atoms with Gasteiger partial charge in [-0.3, -0.25) is 0 Å². The van der Waals surface area contributed by atoms with Gasteiger partial charge in [-0.25, -0.2) is 0 Å². The SMILES string of the molecule is CCc1ccc(C(CO)NCc2ccc(OC)c(O)c2)cc1. The molecule has 0 heterocycles. The second kappa shape index (κ2) is 7.82. The molecule has 0 bridgehead atoms. The molecule has 0 saturated heterocycles. The zero-order valence-corrected chi connectivity index (χ0v) is 13.0. The quantitative estimate of drug-likeness (QED) is 0.736. The molecule has 22 heavy (non-hydrogen) atoms. The fourth-order valence-electron chi connectivity index (χ4n) is 2.36. The molecule has 1 atom stereocenters. The number of aromatic hydroxyl groups is 1. The molecule has 0 aliphatic rings. The van der Waals surface area contributed by atoms with E-state index in [0.717, 1.165) is 17.5 Å². The molecule has 1 unspecified atom stereocenters. The first kappa shape index (κ1) is 16.3. The second-order valence-electron chi connectivity index (χ2n) is 5.22. The van der Waals surface area contributed by atoms with Crippen LogP contribution in [-0.4, -0.2) is 23.9 Å². The molecule has 0 amide bonds. The molecule has 2 rings (SSSR count). The van der Waals surface area contributed by atoms with E-state index in [0.29, 0.717) is 12.3 Å². The van der Waals surface area contributed by atoms with Gasteiger partial charge in [-0.15, -0.1) is 0 Å². The van der Waals surface area contributed by atoms with Crippen LogP contribution >= 0.6 is 0 Å². The van der Waals surface area contributed by atoms with Crippen LogP contribution in [0.25, 0.3) is 0 Å². The van der Waals surface area contributed by atoms with Crippen LogP contribution < -0.4 is 10.1 Å². The summed E-state index contributed by atoms with van der Waals surface area (Å²) in [6.45, 7) is 2.69. The number of phenols is 1. The number of hydrogen-bond donors (Lipinski definition) is 3. The first-order chi connectivity index (χ1) is 10.7. The van der Waals surface area contributed by atoms with Gasteiger partial charge < -0.3 is 20.3 Å². The third-order valence-corrected chi connectivity index (χ3v) is 3.77. The summed E-state index contributed by atoms with van der Waals surface area (Å²) in [7, 11) is 1.52. The van der Waals surface area contributed by atoms with Gasteiger partial charge in [-0.2, -0.15) is 0 Å². The van der Waals surface area contributed by atoms with E-state index in [4.69, 9.17) is 4.74 Å². The Morgan fingerprint density at radius 1 is 1.09 bits per heavy atom. The van der Waals surface area contributed by atoms with Crippen LogP contribution in [0, 0.1) is 0 Å². The summed E-state index contributed by atoms with van der Waals surface area (Å²) in [5.74, 6) is 0.576. The third kappa shape index (κ3) is 4.00. The predicted molar refractivity (Wildman–Crippen MR) is 87.1 cm³/mol. The molecule has 118 valence electrons. The van der Waals surface area contributed by atoms with Crippen molar-refractivity contribution in [3.05, 3.63) is 59.2 Å². The highest BCUT2D eigenvalue weighted by Crippen LogP contribution is 2.26. The third-order valence-electron chi connectivity index (χ3n) is 3.77. The van der Waals surface area contributed by atoms with Crippen molar-refractivity contribution >= 4 is 0 Å². The monoisotopic (exact) mass is 301 g/mol. The van der Waals surface area contributed by atoms with E-state index in [1.54, 1.807) is 12.1 Å². The van der Waals surface area contributed by atoms with Crippen molar-refractivity contribution in [2.45, 2.75) is 25.9 Å². The molecule has 0 radical (unpaired) electrons. The molecule has 0 aliphatic carbocycles. The lowest BCUT2D eigenvalue weighted by molar-refractivity contribution is 0.243. The zero-order valence-electron chi connectivity index (χ0n) is 13.0. The maximum Gasteiger partial charge on any atom is 0.160 e. The average molecular weight is 301 g/mol. The molecule has 2 aromatic carbocycles. The normalized spacial score (nSPS) is 12.1. The Balaban J connectivity index is 2.02. The highest BCUT2D eigenvalue weighted by molar-refractivity contribution is 5.41. The molecule has 0 saturated carbocycles. The molecule has 4 nitrogen and oxygen atoms in total. The summed E-state index contributed by atoms with van der Waals surface area (Å²) >= 11 is 0. The van der Waals surface area contributed by atoms with E-state index in [1.807, 2.05) is 18.2 Å². The number of benzene rings is 2. The lowest BCUT2D eigenvalue weighted by Gasteiger charge is -2.17. The van der Waals surface area contributed by atoms with Crippen molar-refractivity contribution in [2.24, 2.45) is 0 Å². The summed E-state index contributed by atoms with van der Waals surface area (Å²) in [6, 6.07) is 13.4. The molecule has 0 aliphatic heterocycles. The lowest BCUT2D eigenvalue weighted by atomic mass is 10.0. The van der Waals surface area contributed by atoms with Gasteiger partial charge in [0.25, 0.3) is 0 Å². The summed E-state index contributed by atoms with van der Waals surface area (Å²) in [5.41, 5.74) is 3.26. The van der Waals surface area contributed by atoms with Crippen LogP contribution in [0.5, 0.6) is 11.5 Å². The van der Waals surface area contributed by atoms with Crippen LogP contribution in [-0.2, 0) is 13.0 Å². The molecular formula is C18H23NO3. The van der Waals surface area contributed by atoms with E-state index in [2.05, 4.69) is 24.4 Å². The maximum atomic E-state index is 9.79. The summed E-state index contributed by atoms with van der Waals surface area (Å²) in [5, 5.41) is 22.7. The van der Waals surface area contributed by atoms with Crippen molar-refractivity contribution in [1.82, 2.24) is 5.32 Å². The molecule has 3 N–H and O–H groups in total. The smallest absolute Gasteiger partial charge is 0.160 e. The number of phenolic OH excluding ortho intramolecular Hbond substituents is 1. The number of aliphatic hydroxyl groups is 1. The van der Waals surface area contributed by atoms with Crippen LogP contribution in [0.1, 0.15) is 29.7 Å². The fraction of sp³-hybridized carbons (Fsp3) is 0.333. The first-order valence-corrected chi connectivity index (χ1v) is 7.46. The minimum absolute atomic E-state index is 0.0214. The Kier molecular flexibility index (Phi) is 5.81. The Morgan fingerprint density at radius 2 is 1.77 bits per heavy atom. The van der Waals surface area contributed by atoms with Crippen molar-refractivity contribution in [3.8, 4) is 11.5 Å². The van der Waals surface area contributed by atoms with Crippen molar-refractivity contribution in [1.29, 1.82) is 0 Å². The number of ether oxygens (including phenoxy) is 1. The van der Waals surface area contributed by atoms with Crippen LogP contribution in [0.3, 0.4) is 0 Å². The van der Waals surface area contributed by atoms with Gasteiger partial charge in [0, 0.05) is 6.54 Å². The Bertz CT molecular complexity index is 596. The highest BCUT2D eigenvalue weighted by atomic mass is 16.5. The Labute approximate surface area is 131 Å². The number of rotatable bonds is 7. The van der Waals surface area contributed by atoms with E-state index in [-0.39, 0.29) is 18.4 Å². The number of aryl methyl sites for hydroxylation is 1. The number of nitrogens with one attached hydrogen (secondary N) is 1. The van der Waals surface area contributed by atoms with Gasteiger partial charge in [0.1, 0.15) is 0 Å². The van der Waals surface area contributed by atoms with Gasteiger partial charge in [-0.05, 0) is 35.2 Å². The topological polar surface area (TPSA) is 61.7 Å². The molecule has 0 fully saturated rings. The predicted octanol–water partition coefficient (Wildman–Crippen LogP) is 2.79. The van der Waals surface area contributed by atoms with Crippen LogP contribution in [0.15, 0.2) is 42.5 Å². The lowest BCUT2D eigenvalue weighted by Crippen LogP contribution is -2.24. The standard InChI is InChI=1S/C18H23NO3/c1-3-13-4-7-15(8-5-13)16(12-20)19-11-14-6-9-18(22-2)17(21)10-14/h4-10,16,19-21H,3,11-12H2,1-2H3. The van der Waals surface area contributed by atoms with Crippen molar-refractivity contribution in [2.75, 3.05) is 13.7 Å². The molecular weight excluding hydrogens is 278 g/mol. The maximum absolute atomic E-state index is 9.79. The fourth-order valence-corrected chi connectivity index (χ4v) is 2.36. The van der Waals surface area contributed by atoms with E-state index < -0.39 is 0 Å². The van der Waals surface area contributed by atoms with Gasteiger partial charge in [0.15, 0.2) is 11.5 Å². The van der Waals surface area contributed by atoms with Gasteiger partial charge in [-0.1, -0.05) is 37.3 Å². The number of aliphatic hydroxyl groups excluding tert-OH is 1. The molecule has 4 heteroatoms. The molecule has 2 aromatic rings. The summed E-state index contributed by atoms with van der Waals surface area (Å²) < 4.78 is 5.03. The summed E-state index contributed by atoms with van der Waals surface area (Å²) in [4.78, 5) is 0. The van der Waals surface area contributed by atoms with E-state index >= 15 is 0 Å². The number of methoxy groups -OCH3 is 1. The first-order valence-electron chi connectivity index (χ1n) is 7.46. The zero-order chi connectivity index (χ0) is 15.9. The van der Waals surface area contributed by atoms with Crippen molar-refractivity contribution in [3.63, 3.8) is 0 Å². The molecule has 0 spiro atoms. The van der Waals surface area contributed by atoms with E-state index in [9.17, 15) is 10.2 Å². The van der Waals surface area contributed by atoms with Crippen LogP contribution in [0.2, 0.25) is 0 Å². The minimum Gasteiger partial charge on any atom is -0.504 e. The Morgan fingerprint density at radius 3 is 2.32 bits per heavy atom. The van der Waals surface area contributed by atoms with Crippen molar-refractivity contribution < 1.29 is 14.9 Å². The van der Waals surface area contributed by atoms with Gasteiger partial charge >= 0.3 is 0 Å². The Hall–Kier alpha value is -2.04. The van der Waals surface area contributed by atoms with E-state index in [1.165, 1.54) is 12.7 Å². The van der Waals surface area contributed by atoms with Gasteiger partial charge in [0.2, 0.25) is 0 Å². The van der Waals surface area contributed by atoms with Crippen LogP contribution in [0.4, 0.5) is 0 Å². The highest BCUT2D eigenvalue weighted by Gasteiger charge is 2.10. The average Bonchev–Trinajstić information content (AvgIpc) is 2.56. The molecule has 0 aromatic heterocycles. The van der Waals surface area contributed by atoms with Gasteiger partial charge in [0.05, 0.1) is 19.8 Å². The minimum atomic E-state index is -0.129. The largest absolute Gasteiger partial charge is 0.504 e. The number of hydrogen-bond acceptors (Lipinski definition) is 4. The second-order valence-corrected chi connectivity index (χ2v) is 5.22.